The molecule has 1 aliphatic rings. The lowest BCUT2D eigenvalue weighted by atomic mass is 10.2. The smallest absolute Gasteiger partial charge is 0.321 e. The van der Waals surface area contributed by atoms with Crippen LogP contribution in [0.3, 0.4) is 0 Å². The molecule has 2 rings (SSSR count). The van der Waals surface area contributed by atoms with Gasteiger partial charge in [-0.05, 0) is 12.0 Å². The van der Waals surface area contributed by atoms with Crippen molar-refractivity contribution in [3.63, 3.8) is 0 Å². The molecule has 0 saturated carbocycles. The lowest BCUT2D eigenvalue weighted by Gasteiger charge is -2.33. The molecule has 0 aromatic heterocycles. The fourth-order valence-electron chi connectivity index (χ4n) is 2.69. The summed E-state index contributed by atoms with van der Waals surface area (Å²) in [6, 6.07) is 8.57. The second-order valence-electron chi connectivity index (χ2n) is 6.22. The summed E-state index contributed by atoms with van der Waals surface area (Å²) in [6.07, 6.45) is 0.793. The average Bonchev–Trinajstić information content (AvgIpc) is 2.61. The van der Waals surface area contributed by atoms with Crippen molar-refractivity contribution in [2.24, 2.45) is 0 Å². The normalized spacial score (nSPS) is 16.2. The number of benzene rings is 1. The summed E-state index contributed by atoms with van der Waals surface area (Å²) < 4.78 is 26.5. The third kappa shape index (κ3) is 6.40. The Morgan fingerprint density at radius 1 is 1.08 bits per heavy atom. The molecule has 1 heterocycles. The zero-order valence-electron chi connectivity index (χ0n) is 15.0. The molecule has 1 aliphatic heterocycles. The summed E-state index contributed by atoms with van der Waals surface area (Å²) in [7, 11) is -3.38. The van der Waals surface area contributed by atoms with Crippen LogP contribution in [0.4, 0.5) is 4.79 Å². The van der Waals surface area contributed by atoms with Crippen LogP contribution in [-0.4, -0.2) is 68.8 Å². The van der Waals surface area contributed by atoms with Crippen molar-refractivity contribution >= 4 is 22.0 Å². The minimum Gasteiger partial charge on any atom is -0.338 e. The fraction of sp³-hybridized carbons (Fsp3) is 0.529. The van der Waals surface area contributed by atoms with E-state index in [1.807, 2.05) is 30.0 Å². The highest BCUT2D eigenvalue weighted by atomic mass is 32.2. The molecule has 1 aromatic rings. The van der Waals surface area contributed by atoms with Gasteiger partial charge in [0.15, 0.2) is 0 Å². The third-order valence-electron chi connectivity index (χ3n) is 4.07. The number of nitrogens with one attached hydrogen (secondary N) is 2. The van der Waals surface area contributed by atoms with Gasteiger partial charge < -0.3 is 5.32 Å². The fourth-order valence-corrected chi connectivity index (χ4v) is 4.21. The van der Waals surface area contributed by atoms with Crippen LogP contribution in [0.5, 0.6) is 0 Å². The van der Waals surface area contributed by atoms with Gasteiger partial charge >= 0.3 is 6.03 Å². The molecule has 8 nitrogen and oxygen atoms in total. The topological polar surface area (TPSA) is 98.8 Å². The SMILES string of the molecule is CCCNC(=O)NC(=O)CN1CCN(S(=O)(=O)Cc2ccccc2)CC1. The van der Waals surface area contributed by atoms with Crippen LogP contribution in [0.2, 0.25) is 0 Å². The van der Waals surface area contributed by atoms with Gasteiger partial charge in [-0.1, -0.05) is 37.3 Å². The highest BCUT2D eigenvalue weighted by Gasteiger charge is 2.27. The molecule has 0 atom stereocenters. The molecule has 1 fully saturated rings. The van der Waals surface area contributed by atoms with Crippen molar-refractivity contribution in [3.05, 3.63) is 35.9 Å². The van der Waals surface area contributed by atoms with Gasteiger partial charge in [-0.3, -0.25) is 15.0 Å². The van der Waals surface area contributed by atoms with Gasteiger partial charge in [0.2, 0.25) is 15.9 Å². The molecular weight excluding hydrogens is 356 g/mol. The maximum absolute atomic E-state index is 12.5. The lowest BCUT2D eigenvalue weighted by molar-refractivity contribution is -0.121. The van der Waals surface area contributed by atoms with Crippen LogP contribution in [0.25, 0.3) is 0 Å². The van der Waals surface area contributed by atoms with E-state index < -0.39 is 16.1 Å². The lowest BCUT2D eigenvalue weighted by Crippen LogP contribution is -2.52. The number of carbonyl (C=O) groups excluding carboxylic acids is 2. The average molecular weight is 382 g/mol. The van der Waals surface area contributed by atoms with Crippen molar-refractivity contribution in [1.29, 1.82) is 0 Å². The number of amides is 3. The van der Waals surface area contributed by atoms with Crippen molar-refractivity contribution in [3.8, 4) is 0 Å². The summed E-state index contributed by atoms with van der Waals surface area (Å²) in [4.78, 5) is 25.2. The third-order valence-corrected chi connectivity index (χ3v) is 5.92. The number of piperazine rings is 1. The number of hydrogen-bond acceptors (Lipinski definition) is 5. The van der Waals surface area contributed by atoms with E-state index in [4.69, 9.17) is 0 Å². The van der Waals surface area contributed by atoms with Crippen molar-refractivity contribution in [2.75, 3.05) is 39.3 Å². The highest BCUT2D eigenvalue weighted by Crippen LogP contribution is 2.13. The standard InChI is InChI=1S/C17H26N4O4S/c1-2-8-18-17(23)19-16(22)13-20-9-11-21(12-10-20)26(24,25)14-15-6-4-3-5-7-15/h3-7H,2,8-14H2,1H3,(H2,18,19,22,23). The quantitative estimate of drug-likeness (QED) is 0.710. The zero-order chi connectivity index (χ0) is 19.0. The minimum atomic E-state index is -3.38. The first-order chi connectivity index (χ1) is 12.4. The van der Waals surface area contributed by atoms with Gasteiger partial charge in [-0.15, -0.1) is 0 Å². The molecular formula is C17H26N4O4S. The summed E-state index contributed by atoms with van der Waals surface area (Å²) >= 11 is 0. The second kappa shape index (κ2) is 9.65. The van der Waals surface area contributed by atoms with Gasteiger partial charge in [-0.25, -0.2) is 13.2 Å². The Bertz CT molecular complexity index is 701. The molecule has 1 saturated heterocycles. The van der Waals surface area contributed by atoms with E-state index in [-0.39, 0.29) is 18.2 Å². The van der Waals surface area contributed by atoms with E-state index in [1.54, 1.807) is 12.1 Å². The molecule has 0 aliphatic carbocycles. The molecule has 144 valence electrons. The Hall–Kier alpha value is -1.97. The number of nitrogens with zero attached hydrogens (tertiary/aromatic N) is 2. The van der Waals surface area contributed by atoms with E-state index in [0.717, 1.165) is 12.0 Å². The molecule has 26 heavy (non-hydrogen) atoms. The van der Waals surface area contributed by atoms with E-state index in [1.165, 1.54) is 4.31 Å². The first-order valence-corrected chi connectivity index (χ1v) is 10.3. The summed E-state index contributed by atoms with van der Waals surface area (Å²) in [5.74, 6) is -0.412. The minimum absolute atomic E-state index is 0.0219. The number of carbonyl (C=O) groups is 2. The number of imide groups is 1. The Morgan fingerprint density at radius 3 is 2.35 bits per heavy atom. The van der Waals surface area contributed by atoms with Gasteiger partial charge in [0, 0.05) is 32.7 Å². The summed E-state index contributed by atoms with van der Waals surface area (Å²) in [6.45, 7) is 4.10. The van der Waals surface area contributed by atoms with Crippen LogP contribution >= 0.6 is 0 Å². The van der Waals surface area contributed by atoms with Crippen molar-refractivity contribution in [1.82, 2.24) is 19.8 Å². The van der Waals surface area contributed by atoms with Crippen LogP contribution < -0.4 is 10.6 Å². The first kappa shape index (κ1) is 20.3. The Kier molecular flexibility index (Phi) is 7.55. The molecule has 1 aromatic carbocycles. The molecule has 3 amide bonds. The largest absolute Gasteiger partial charge is 0.338 e. The monoisotopic (exact) mass is 382 g/mol. The molecule has 0 bridgehead atoms. The van der Waals surface area contributed by atoms with E-state index in [0.29, 0.717) is 32.7 Å². The zero-order valence-corrected chi connectivity index (χ0v) is 15.8. The van der Waals surface area contributed by atoms with E-state index in [9.17, 15) is 18.0 Å². The van der Waals surface area contributed by atoms with Crippen LogP contribution in [0.15, 0.2) is 30.3 Å². The first-order valence-electron chi connectivity index (χ1n) is 8.72. The maximum Gasteiger partial charge on any atom is 0.321 e. The molecule has 2 N–H and O–H groups in total. The predicted octanol–water partition coefficient (Wildman–Crippen LogP) is 0.370. The highest BCUT2D eigenvalue weighted by molar-refractivity contribution is 7.88. The van der Waals surface area contributed by atoms with Crippen LogP contribution in [0, 0.1) is 0 Å². The molecule has 0 radical (unpaired) electrons. The van der Waals surface area contributed by atoms with Crippen molar-refractivity contribution < 1.29 is 18.0 Å². The van der Waals surface area contributed by atoms with Crippen molar-refractivity contribution in [2.45, 2.75) is 19.1 Å². The Labute approximate surface area is 154 Å². The van der Waals surface area contributed by atoms with Gasteiger partial charge in [0.1, 0.15) is 0 Å². The van der Waals surface area contributed by atoms with E-state index >= 15 is 0 Å². The van der Waals surface area contributed by atoms with Gasteiger partial charge in [0.05, 0.1) is 12.3 Å². The number of rotatable bonds is 7. The summed E-state index contributed by atoms with van der Waals surface area (Å²) in [5.41, 5.74) is 0.757. The Morgan fingerprint density at radius 2 is 1.73 bits per heavy atom. The molecule has 9 heteroatoms. The maximum atomic E-state index is 12.5. The predicted molar refractivity (Wildman–Crippen MR) is 98.9 cm³/mol. The Balaban J connectivity index is 1.77. The molecule has 0 unspecified atom stereocenters. The van der Waals surface area contributed by atoms with Crippen LogP contribution in [-0.2, 0) is 20.6 Å². The van der Waals surface area contributed by atoms with E-state index in [2.05, 4.69) is 10.6 Å². The number of sulfonamides is 1. The van der Waals surface area contributed by atoms with Crippen LogP contribution in [0.1, 0.15) is 18.9 Å². The second-order valence-corrected chi connectivity index (χ2v) is 8.19. The summed E-state index contributed by atoms with van der Waals surface area (Å²) in [5, 5.41) is 4.85. The van der Waals surface area contributed by atoms with Gasteiger partial charge in [-0.2, -0.15) is 4.31 Å². The van der Waals surface area contributed by atoms with Gasteiger partial charge in [0.25, 0.3) is 0 Å². The number of hydrogen-bond donors (Lipinski definition) is 2. The molecule has 0 spiro atoms. The number of urea groups is 1.